The fourth-order valence-corrected chi connectivity index (χ4v) is 3.04. The van der Waals surface area contributed by atoms with E-state index in [2.05, 4.69) is 39.0 Å². The number of hydrogen-bond acceptors (Lipinski definition) is 2. The molecule has 1 atom stereocenters. The van der Waals surface area contributed by atoms with Crippen molar-refractivity contribution in [3.8, 4) is 0 Å². The minimum absolute atomic E-state index is 0.266. The van der Waals surface area contributed by atoms with E-state index >= 15 is 0 Å². The molecule has 1 unspecified atom stereocenters. The van der Waals surface area contributed by atoms with Crippen molar-refractivity contribution >= 4 is 21.9 Å². The zero-order valence-electron chi connectivity index (χ0n) is 10.3. The summed E-state index contributed by atoms with van der Waals surface area (Å²) in [7, 11) is 0. The van der Waals surface area contributed by atoms with Crippen LogP contribution < -0.4 is 0 Å². The third kappa shape index (κ3) is 3.56. The van der Waals surface area contributed by atoms with Crippen molar-refractivity contribution in [2.24, 2.45) is 0 Å². The van der Waals surface area contributed by atoms with Crippen molar-refractivity contribution in [3.63, 3.8) is 0 Å². The van der Waals surface area contributed by atoms with Gasteiger partial charge in [0.25, 0.3) is 0 Å². The van der Waals surface area contributed by atoms with E-state index in [1.165, 1.54) is 18.4 Å². The van der Waals surface area contributed by atoms with Crippen LogP contribution in [-0.4, -0.2) is 29.1 Å². The van der Waals surface area contributed by atoms with Gasteiger partial charge in [0.1, 0.15) is 0 Å². The van der Waals surface area contributed by atoms with Crippen LogP contribution in [0.2, 0.25) is 0 Å². The number of aliphatic carboxylic acids is 1. The third-order valence-electron chi connectivity index (χ3n) is 3.43. The van der Waals surface area contributed by atoms with Crippen LogP contribution in [-0.2, 0) is 4.79 Å². The van der Waals surface area contributed by atoms with Crippen LogP contribution in [0.15, 0.2) is 28.7 Å². The monoisotopic (exact) mass is 311 g/mol. The summed E-state index contributed by atoms with van der Waals surface area (Å²) in [5.74, 6) is -0.701. The molecule has 0 radical (unpaired) electrons. The minimum Gasteiger partial charge on any atom is -0.481 e. The molecule has 1 aliphatic heterocycles. The molecule has 1 aromatic carbocycles. The van der Waals surface area contributed by atoms with Crippen molar-refractivity contribution in [3.05, 3.63) is 34.3 Å². The summed E-state index contributed by atoms with van der Waals surface area (Å²) >= 11 is 3.50. The Hall–Kier alpha value is -0.870. The van der Waals surface area contributed by atoms with Crippen molar-refractivity contribution in [1.29, 1.82) is 0 Å². The molecule has 0 aliphatic carbocycles. The first-order valence-electron chi connectivity index (χ1n) is 6.38. The highest BCUT2D eigenvalue weighted by Crippen LogP contribution is 2.33. The molecule has 0 aromatic heterocycles. The van der Waals surface area contributed by atoms with Gasteiger partial charge in [-0.2, -0.15) is 0 Å². The van der Waals surface area contributed by atoms with Gasteiger partial charge >= 0.3 is 5.97 Å². The number of rotatable bonds is 5. The quantitative estimate of drug-likeness (QED) is 0.905. The van der Waals surface area contributed by atoms with Crippen LogP contribution in [0.25, 0.3) is 0 Å². The van der Waals surface area contributed by atoms with Gasteiger partial charge in [0.2, 0.25) is 0 Å². The number of hydrogen-bond donors (Lipinski definition) is 1. The number of likely N-dealkylation sites (tertiary alicyclic amines) is 1. The van der Waals surface area contributed by atoms with E-state index in [0.717, 1.165) is 24.0 Å². The zero-order valence-corrected chi connectivity index (χ0v) is 11.9. The van der Waals surface area contributed by atoms with E-state index in [0.29, 0.717) is 6.04 Å². The van der Waals surface area contributed by atoms with E-state index < -0.39 is 5.97 Å². The predicted octanol–water partition coefficient (Wildman–Crippen LogP) is 3.45. The standard InChI is InChI=1S/C14H18BrNO2/c15-12-5-1-4-11(10-12)13-6-2-8-16(13)9-3-7-14(17)18/h1,4-5,10,13H,2-3,6-9H2,(H,17,18). The molecular weight excluding hydrogens is 294 g/mol. The maximum Gasteiger partial charge on any atom is 0.303 e. The van der Waals surface area contributed by atoms with Gasteiger partial charge < -0.3 is 5.11 Å². The normalized spacial score (nSPS) is 20.2. The van der Waals surface area contributed by atoms with Gasteiger partial charge in [-0.1, -0.05) is 28.1 Å². The fraction of sp³-hybridized carbons (Fsp3) is 0.500. The van der Waals surface area contributed by atoms with Crippen LogP contribution in [0.1, 0.15) is 37.3 Å². The smallest absolute Gasteiger partial charge is 0.303 e. The van der Waals surface area contributed by atoms with E-state index in [4.69, 9.17) is 5.11 Å². The van der Waals surface area contributed by atoms with Crippen LogP contribution >= 0.6 is 15.9 Å². The number of carboxylic acid groups (broad SMARTS) is 1. The molecule has 1 N–H and O–H groups in total. The summed E-state index contributed by atoms with van der Waals surface area (Å²) in [4.78, 5) is 13.0. The van der Waals surface area contributed by atoms with E-state index in [1.54, 1.807) is 0 Å². The zero-order chi connectivity index (χ0) is 13.0. The maximum atomic E-state index is 10.5. The summed E-state index contributed by atoms with van der Waals surface area (Å²) in [6, 6.07) is 8.88. The van der Waals surface area contributed by atoms with E-state index in [9.17, 15) is 4.79 Å². The Morgan fingerprint density at radius 1 is 1.50 bits per heavy atom. The number of nitrogens with zero attached hydrogens (tertiary/aromatic N) is 1. The number of carboxylic acids is 1. The first kappa shape index (κ1) is 13.6. The lowest BCUT2D eigenvalue weighted by molar-refractivity contribution is -0.137. The van der Waals surface area contributed by atoms with Crippen molar-refractivity contribution in [2.45, 2.75) is 31.7 Å². The third-order valence-corrected chi connectivity index (χ3v) is 3.93. The van der Waals surface area contributed by atoms with Gasteiger partial charge in [0, 0.05) is 16.9 Å². The van der Waals surface area contributed by atoms with Crippen molar-refractivity contribution < 1.29 is 9.90 Å². The molecule has 1 aliphatic rings. The van der Waals surface area contributed by atoms with E-state index in [1.807, 2.05) is 6.07 Å². The summed E-state index contributed by atoms with van der Waals surface area (Å²) in [6.45, 7) is 1.96. The summed E-state index contributed by atoms with van der Waals surface area (Å²) in [5.41, 5.74) is 1.33. The SMILES string of the molecule is O=C(O)CCCN1CCCC1c1cccc(Br)c1. The fourth-order valence-electron chi connectivity index (χ4n) is 2.62. The Balaban J connectivity index is 1.97. The summed E-state index contributed by atoms with van der Waals surface area (Å²) in [6.07, 6.45) is 3.37. The Morgan fingerprint density at radius 3 is 3.06 bits per heavy atom. The Bertz CT molecular complexity index is 422. The molecule has 1 heterocycles. The Morgan fingerprint density at radius 2 is 2.33 bits per heavy atom. The summed E-state index contributed by atoms with van der Waals surface area (Å²) in [5, 5.41) is 8.68. The second kappa shape index (κ2) is 6.34. The van der Waals surface area contributed by atoms with Gasteiger partial charge in [-0.25, -0.2) is 0 Å². The molecule has 1 fully saturated rings. The second-order valence-electron chi connectivity index (χ2n) is 4.75. The highest BCUT2D eigenvalue weighted by molar-refractivity contribution is 9.10. The van der Waals surface area contributed by atoms with Crippen LogP contribution in [0.5, 0.6) is 0 Å². The lowest BCUT2D eigenvalue weighted by atomic mass is 10.0. The number of benzene rings is 1. The molecule has 0 amide bonds. The van der Waals surface area contributed by atoms with Crippen LogP contribution in [0.3, 0.4) is 0 Å². The molecule has 3 nitrogen and oxygen atoms in total. The highest BCUT2D eigenvalue weighted by Gasteiger charge is 2.25. The molecule has 0 bridgehead atoms. The average molecular weight is 312 g/mol. The average Bonchev–Trinajstić information content (AvgIpc) is 2.77. The second-order valence-corrected chi connectivity index (χ2v) is 5.66. The molecule has 2 rings (SSSR count). The van der Waals surface area contributed by atoms with Crippen LogP contribution in [0.4, 0.5) is 0 Å². The molecule has 0 spiro atoms. The van der Waals surface area contributed by atoms with Gasteiger partial charge in [0.15, 0.2) is 0 Å². The predicted molar refractivity (Wildman–Crippen MR) is 74.6 cm³/mol. The van der Waals surface area contributed by atoms with Crippen molar-refractivity contribution in [2.75, 3.05) is 13.1 Å². The van der Waals surface area contributed by atoms with Gasteiger partial charge in [-0.15, -0.1) is 0 Å². The highest BCUT2D eigenvalue weighted by atomic mass is 79.9. The Labute approximate surface area is 116 Å². The van der Waals surface area contributed by atoms with Gasteiger partial charge in [-0.05, 0) is 50.0 Å². The van der Waals surface area contributed by atoms with Crippen molar-refractivity contribution in [1.82, 2.24) is 4.90 Å². The molecule has 1 aromatic rings. The molecule has 1 saturated heterocycles. The maximum absolute atomic E-state index is 10.5. The molecule has 98 valence electrons. The van der Waals surface area contributed by atoms with E-state index in [-0.39, 0.29) is 6.42 Å². The number of halogens is 1. The first-order valence-corrected chi connectivity index (χ1v) is 7.17. The largest absolute Gasteiger partial charge is 0.481 e. The van der Waals surface area contributed by atoms with Crippen LogP contribution in [0, 0.1) is 0 Å². The lowest BCUT2D eigenvalue weighted by Gasteiger charge is -2.24. The number of carbonyl (C=O) groups is 1. The molecule has 4 heteroatoms. The summed E-state index contributed by atoms with van der Waals surface area (Å²) < 4.78 is 1.11. The molecular formula is C14H18BrNO2. The van der Waals surface area contributed by atoms with Gasteiger partial charge in [0.05, 0.1) is 0 Å². The van der Waals surface area contributed by atoms with Gasteiger partial charge in [-0.3, -0.25) is 9.69 Å². The Kier molecular flexibility index (Phi) is 4.78. The molecule has 18 heavy (non-hydrogen) atoms. The molecule has 0 saturated carbocycles. The minimum atomic E-state index is -0.701. The first-order chi connectivity index (χ1) is 8.66. The topological polar surface area (TPSA) is 40.5 Å². The lowest BCUT2D eigenvalue weighted by Crippen LogP contribution is -2.24.